The van der Waals surface area contributed by atoms with Crippen LogP contribution in [0.5, 0.6) is 0 Å². The highest BCUT2D eigenvalue weighted by Crippen LogP contribution is 2.20. The Kier molecular flexibility index (Phi) is 4.97. The van der Waals surface area contributed by atoms with Crippen molar-refractivity contribution in [2.75, 3.05) is 0 Å². The fourth-order valence-electron chi connectivity index (χ4n) is 1.70. The van der Waals surface area contributed by atoms with Crippen LogP contribution in [0, 0.1) is 12.8 Å². The Morgan fingerprint density at radius 2 is 2.00 bits per heavy atom. The predicted octanol–water partition coefficient (Wildman–Crippen LogP) is 4.28. The van der Waals surface area contributed by atoms with Gasteiger partial charge in [0.25, 0.3) is 0 Å². The van der Waals surface area contributed by atoms with Crippen molar-refractivity contribution < 1.29 is 9.53 Å². The molecular weight excluding hydrogens is 292 g/mol. The molecule has 0 fully saturated rings. The molecule has 1 aromatic carbocycles. The van der Waals surface area contributed by atoms with E-state index in [0.29, 0.717) is 6.42 Å². The maximum atomic E-state index is 11.9. The van der Waals surface area contributed by atoms with E-state index in [9.17, 15) is 4.79 Å². The van der Waals surface area contributed by atoms with Crippen LogP contribution in [0.4, 0.5) is 0 Å². The molecule has 0 aliphatic rings. The molecule has 1 rings (SSSR count). The van der Waals surface area contributed by atoms with Gasteiger partial charge in [-0.3, -0.25) is 4.79 Å². The summed E-state index contributed by atoms with van der Waals surface area (Å²) in [5, 5.41) is 0. The third-order valence-corrected chi connectivity index (χ3v) is 3.13. The number of halogens is 1. The number of esters is 1. The smallest absolute Gasteiger partial charge is 0.309 e. The quantitative estimate of drug-likeness (QED) is 0.779. The summed E-state index contributed by atoms with van der Waals surface area (Å²) in [7, 11) is 0. The molecule has 0 N–H and O–H groups in total. The lowest BCUT2D eigenvalue weighted by Gasteiger charge is -2.22. The molecule has 3 heteroatoms. The van der Waals surface area contributed by atoms with E-state index in [1.165, 1.54) is 11.1 Å². The summed E-state index contributed by atoms with van der Waals surface area (Å²) in [6, 6.07) is 6.13. The van der Waals surface area contributed by atoms with Crippen LogP contribution >= 0.6 is 15.9 Å². The van der Waals surface area contributed by atoms with Crippen LogP contribution in [0.3, 0.4) is 0 Å². The maximum Gasteiger partial charge on any atom is 0.309 e. The van der Waals surface area contributed by atoms with Crippen LogP contribution in [0.25, 0.3) is 0 Å². The van der Waals surface area contributed by atoms with Gasteiger partial charge in [0.05, 0.1) is 5.92 Å². The minimum Gasteiger partial charge on any atom is -0.460 e. The van der Waals surface area contributed by atoms with Crippen molar-refractivity contribution in [1.29, 1.82) is 0 Å². The molecule has 0 saturated carbocycles. The summed E-state index contributed by atoms with van der Waals surface area (Å²) >= 11 is 3.44. The topological polar surface area (TPSA) is 26.3 Å². The van der Waals surface area contributed by atoms with Gasteiger partial charge < -0.3 is 4.74 Å². The van der Waals surface area contributed by atoms with Crippen molar-refractivity contribution in [3.8, 4) is 0 Å². The SMILES string of the molecule is Cc1cc(Br)ccc1CC(C)C(=O)OC(C)(C)C. The highest BCUT2D eigenvalue weighted by atomic mass is 79.9. The Morgan fingerprint density at radius 1 is 1.39 bits per heavy atom. The third-order valence-electron chi connectivity index (χ3n) is 2.64. The van der Waals surface area contributed by atoms with Gasteiger partial charge in [-0.15, -0.1) is 0 Å². The number of aryl methyl sites for hydroxylation is 1. The second kappa shape index (κ2) is 5.87. The molecule has 0 amide bonds. The van der Waals surface area contributed by atoms with Gasteiger partial charge in [0.1, 0.15) is 5.60 Å². The van der Waals surface area contributed by atoms with Crippen molar-refractivity contribution in [1.82, 2.24) is 0 Å². The fourth-order valence-corrected chi connectivity index (χ4v) is 2.18. The first-order valence-electron chi connectivity index (χ1n) is 6.17. The predicted molar refractivity (Wildman–Crippen MR) is 77.6 cm³/mol. The largest absolute Gasteiger partial charge is 0.460 e. The second-order valence-corrected chi connectivity index (χ2v) is 6.63. The average Bonchev–Trinajstić information content (AvgIpc) is 2.19. The van der Waals surface area contributed by atoms with E-state index in [1.54, 1.807) is 0 Å². The number of carbonyl (C=O) groups is 1. The molecule has 2 nitrogen and oxygen atoms in total. The Bertz CT molecular complexity index is 433. The number of ether oxygens (including phenoxy) is 1. The first-order chi connectivity index (χ1) is 8.19. The number of carbonyl (C=O) groups excluding carboxylic acids is 1. The Labute approximate surface area is 118 Å². The summed E-state index contributed by atoms with van der Waals surface area (Å²) in [4.78, 5) is 11.9. The zero-order chi connectivity index (χ0) is 13.9. The van der Waals surface area contributed by atoms with Crippen molar-refractivity contribution in [3.63, 3.8) is 0 Å². The average molecular weight is 313 g/mol. The Morgan fingerprint density at radius 3 is 2.50 bits per heavy atom. The molecule has 0 bridgehead atoms. The monoisotopic (exact) mass is 312 g/mol. The molecule has 0 aromatic heterocycles. The van der Waals surface area contributed by atoms with Gasteiger partial charge in [0.2, 0.25) is 0 Å². The van der Waals surface area contributed by atoms with E-state index in [1.807, 2.05) is 33.8 Å². The maximum absolute atomic E-state index is 11.9. The first-order valence-corrected chi connectivity index (χ1v) is 6.96. The number of benzene rings is 1. The summed E-state index contributed by atoms with van der Waals surface area (Å²) < 4.78 is 6.45. The van der Waals surface area contributed by atoms with Crippen LogP contribution in [-0.2, 0) is 16.0 Å². The van der Waals surface area contributed by atoms with Gasteiger partial charge in [-0.1, -0.05) is 28.9 Å². The zero-order valence-electron chi connectivity index (χ0n) is 11.7. The lowest BCUT2D eigenvalue weighted by atomic mass is 9.97. The highest BCUT2D eigenvalue weighted by molar-refractivity contribution is 9.10. The van der Waals surface area contributed by atoms with Crippen molar-refractivity contribution in [2.24, 2.45) is 5.92 Å². The molecule has 0 radical (unpaired) electrons. The molecular formula is C15H21BrO2. The number of hydrogen-bond donors (Lipinski definition) is 0. The van der Waals surface area contributed by atoms with Gasteiger partial charge in [-0.05, 0) is 57.4 Å². The van der Waals surface area contributed by atoms with Crippen molar-refractivity contribution in [3.05, 3.63) is 33.8 Å². The molecule has 18 heavy (non-hydrogen) atoms. The van der Waals surface area contributed by atoms with Crippen molar-refractivity contribution in [2.45, 2.75) is 46.6 Å². The minimum atomic E-state index is -0.417. The standard InChI is InChI=1S/C15H21BrO2/c1-10-9-13(16)7-6-12(10)8-11(2)14(17)18-15(3,4)5/h6-7,9,11H,8H2,1-5H3. The van der Waals surface area contributed by atoms with Crippen LogP contribution < -0.4 is 0 Å². The molecule has 1 unspecified atom stereocenters. The van der Waals surface area contributed by atoms with Gasteiger partial charge in [0, 0.05) is 4.47 Å². The summed E-state index contributed by atoms with van der Waals surface area (Å²) in [6.07, 6.45) is 0.716. The summed E-state index contributed by atoms with van der Waals surface area (Å²) in [6.45, 7) is 9.64. The van der Waals surface area contributed by atoms with E-state index in [-0.39, 0.29) is 11.9 Å². The van der Waals surface area contributed by atoms with Crippen LogP contribution in [0.2, 0.25) is 0 Å². The molecule has 0 aliphatic carbocycles. The summed E-state index contributed by atoms with van der Waals surface area (Å²) in [5.41, 5.74) is 1.97. The molecule has 1 atom stereocenters. The van der Waals surface area contributed by atoms with Crippen LogP contribution in [0.15, 0.2) is 22.7 Å². The van der Waals surface area contributed by atoms with E-state index in [2.05, 4.69) is 35.0 Å². The van der Waals surface area contributed by atoms with Crippen LogP contribution in [-0.4, -0.2) is 11.6 Å². The van der Waals surface area contributed by atoms with Gasteiger partial charge in [-0.25, -0.2) is 0 Å². The number of rotatable bonds is 3. The van der Waals surface area contributed by atoms with Crippen LogP contribution in [0.1, 0.15) is 38.8 Å². The van der Waals surface area contributed by atoms with Gasteiger partial charge in [-0.2, -0.15) is 0 Å². The first kappa shape index (κ1) is 15.2. The fraction of sp³-hybridized carbons (Fsp3) is 0.533. The molecule has 0 heterocycles. The van der Waals surface area contributed by atoms with E-state index in [0.717, 1.165) is 4.47 Å². The molecule has 0 saturated heterocycles. The number of hydrogen-bond acceptors (Lipinski definition) is 2. The lowest BCUT2D eigenvalue weighted by molar-refractivity contribution is -0.159. The second-order valence-electron chi connectivity index (χ2n) is 5.71. The zero-order valence-corrected chi connectivity index (χ0v) is 13.3. The van der Waals surface area contributed by atoms with Gasteiger partial charge in [0.15, 0.2) is 0 Å². The Balaban J connectivity index is 2.69. The van der Waals surface area contributed by atoms with Crippen molar-refractivity contribution >= 4 is 21.9 Å². The Hall–Kier alpha value is -0.830. The molecule has 0 aliphatic heterocycles. The minimum absolute atomic E-state index is 0.121. The normalized spacial score (nSPS) is 13.2. The van der Waals surface area contributed by atoms with Gasteiger partial charge >= 0.3 is 5.97 Å². The van der Waals surface area contributed by atoms with E-state index >= 15 is 0 Å². The summed E-state index contributed by atoms with van der Waals surface area (Å²) in [5.74, 6) is -0.256. The van der Waals surface area contributed by atoms with E-state index < -0.39 is 5.60 Å². The lowest BCUT2D eigenvalue weighted by Crippen LogP contribution is -2.28. The molecule has 0 spiro atoms. The third kappa shape index (κ3) is 4.81. The highest BCUT2D eigenvalue weighted by Gasteiger charge is 2.22. The molecule has 1 aromatic rings. The van der Waals surface area contributed by atoms with E-state index in [4.69, 9.17) is 4.74 Å². The molecule has 100 valence electrons.